The molecule has 5 nitrogen and oxygen atoms in total. The normalized spacial score (nSPS) is 27.3. The van der Waals surface area contributed by atoms with Crippen LogP contribution in [0.4, 0.5) is 0 Å². The molecule has 0 amide bonds. The molecule has 1 heterocycles. The Morgan fingerprint density at radius 2 is 1.82 bits per heavy atom. The standard InChI is InChI=1S/C17H20O5/c1-17(2)7-11(19)16-9(6-14(20)21)15-10(18)4-3-5-12(15)22-13(16)8-17/h9H,3-8H2,1-2H3,(H,20,21)/t9-/m0/s1. The predicted octanol–water partition coefficient (Wildman–Crippen LogP) is 2.76. The van der Waals surface area contributed by atoms with E-state index in [4.69, 9.17) is 4.74 Å². The molecule has 0 aromatic heterocycles. The molecule has 0 aromatic carbocycles. The summed E-state index contributed by atoms with van der Waals surface area (Å²) in [5.74, 6) is -0.610. The number of hydrogen-bond donors (Lipinski definition) is 1. The fourth-order valence-electron chi connectivity index (χ4n) is 3.76. The Morgan fingerprint density at radius 1 is 1.14 bits per heavy atom. The van der Waals surface area contributed by atoms with E-state index in [1.54, 1.807) is 0 Å². The lowest BCUT2D eigenvalue weighted by atomic mass is 9.69. The Kier molecular flexibility index (Phi) is 3.46. The first kappa shape index (κ1) is 15.0. The first-order valence-corrected chi connectivity index (χ1v) is 7.70. The van der Waals surface area contributed by atoms with Crippen molar-refractivity contribution in [3.8, 4) is 0 Å². The van der Waals surface area contributed by atoms with Crippen LogP contribution < -0.4 is 0 Å². The molecule has 0 bridgehead atoms. The zero-order valence-electron chi connectivity index (χ0n) is 12.9. The fourth-order valence-corrected chi connectivity index (χ4v) is 3.76. The summed E-state index contributed by atoms with van der Waals surface area (Å²) in [6, 6.07) is 0. The summed E-state index contributed by atoms with van der Waals surface area (Å²) in [5, 5.41) is 9.21. The van der Waals surface area contributed by atoms with E-state index in [1.807, 2.05) is 13.8 Å². The van der Waals surface area contributed by atoms with Gasteiger partial charge in [0.2, 0.25) is 0 Å². The Labute approximate surface area is 129 Å². The van der Waals surface area contributed by atoms with E-state index in [0.29, 0.717) is 48.3 Å². The molecule has 0 aromatic rings. The number of carbonyl (C=O) groups excluding carboxylic acids is 2. The van der Waals surface area contributed by atoms with Gasteiger partial charge in [-0.1, -0.05) is 13.8 Å². The van der Waals surface area contributed by atoms with E-state index in [2.05, 4.69) is 0 Å². The van der Waals surface area contributed by atoms with Crippen molar-refractivity contribution in [2.24, 2.45) is 11.3 Å². The molecule has 22 heavy (non-hydrogen) atoms. The number of hydrogen-bond acceptors (Lipinski definition) is 4. The third-order valence-electron chi connectivity index (χ3n) is 4.61. The largest absolute Gasteiger partial charge is 0.481 e. The lowest BCUT2D eigenvalue weighted by Gasteiger charge is -2.39. The predicted molar refractivity (Wildman–Crippen MR) is 77.8 cm³/mol. The van der Waals surface area contributed by atoms with Crippen LogP contribution in [-0.4, -0.2) is 22.6 Å². The molecule has 1 N–H and O–H groups in total. The van der Waals surface area contributed by atoms with Gasteiger partial charge in [0.15, 0.2) is 11.6 Å². The van der Waals surface area contributed by atoms with Gasteiger partial charge in [-0.05, 0) is 11.8 Å². The van der Waals surface area contributed by atoms with Gasteiger partial charge in [-0.2, -0.15) is 0 Å². The minimum Gasteiger partial charge on any atom is -0.481 e. The average Bonchev–Trinajstić information content (AvgIpc) is 2.35. The van der Waals surface area contributed by atoms with Crippen LogP contribution in [-0.2, 0) is 19.1 Å². The summed E-state index contributed by atoms with van der Waals surface area (Å²) < 4.78 is 5.91. The molecule has 0 spiro atoms. The van der Waals surface area contributed by atoms with Crippen LogP contribution in [0.25, 0.3) is 0 Å². The highest BCUT2D eigenvalue weighted by atomic mass is 16.5. The van der Waals surface area contributed by atoms with Crippen molar-refractivity contribution in [2.45, 2.75) is 52.4 Å². The number of ether oxygens (including phenoxy) is 1. The summed E-state index contributed by atoms with van der Waals surface area (Å²) in [6.45, 7) is 4.00. The molecule has 0 saturated heterocycles. The highest BCUT2D eigenvalue weighted by Crippen LogP contribution is 2.48. The molecule has 3 rings (SSSR count). The smallest absolute Gasteiger partial charge is 0.304 e. The number of carboxylic acid groups (broad SMARTS) is 1. The highest BCUT2D eigenvalue weighted by molar-refractivity contribution is 6.05. The van der Waals surface area contributed by atoms with Crippen molar-refractivity contribution in [1.29, 1.82) is 0 Å². The van der Waals surface area contributed by atoms with E-state index >= 15 is 0 Å². The lowest BCUT2D eigenvalue weighted by molar-refractivity contribution is -0.137. The van der Waals surface area contributed by atoms with Crippen LogP contribution in [0, 0.1) is 11.3 Å². The number of rotatable bonds is 2. The Morgan fingerprint density at radius 3 is 2.50 bits per heavy atom. The number of aliphatic carboxylic acids is 1. The third-order valence-corrected chi connectivity index (χ3v) is 4.61. The maximum Gasteiger partial charge on any atom is 0.304 e. The molecule has 3 aliphatic rings. The summed E-state index contributed by atoms with van der Waals surface area (Å²) in [7, 11) is 0. The van der Waals surface area contributed by atoms with E-state index in [-0.39, 0.29) is 23.4 Å². The van der Waals surface area contributed by atoms with Gasteiger partial charge in [0, 0.05) is 42.7 Å². The monoisotopic (exact) mass is 304 g/mol. The molecule has 5 heteroatoms. The second kappa shape index (κ2) is 5.07. The fraction of sp³-hybridized carbons (Fsp3) is 0.588. The van der Waals surface area contributed by atoms with Crippen LogP contribution in [0.1, 0.15) is 52.4 Å². The Hall–Kier alpha value is -1.91. The van der Waals surface area contributed by atoms with Crippen molar-refractivity contribution < 1.29 is 24.2 Å². The van der Waals surface area contributed by atoms with Crippen molar-refractivity contribution in [2.75, 3.05) is 0 Å². The van der Waals surface area contributed by atoms with E-state index < -0.39 is 11.9 Å². The molecule has 0 radical (unpaired) electrons. The van der Waals surface area contributed by atoms with Gasteiger partial charge in [-0.3, -0.25) is 14.4 Å². The first-order chi connectivity index (χ1) is 10.3. The van der Waals surface area contributed by atoms with Crippen LogP contribution in [0.2, 0.25) is 0 Å². The summed E-state index contributed by atoms with van der Waals surface area (Å²) in [4.78, 5) is 36.1. The van der Waals surface area contributed by atoms with Crippen molar-refractivity contribution in [1.82, 2.24) is 0 Å². The molecule has 2 aliphatic carbocycles. The second-order valence-electron chi connectivity index (χ2n) is 7.14. The van der Waals surface area contributed by atoms with Gasteiger partial charge in [0.05, 0.1) is 6.42 Å². The summed E-state index contributed by atoms with van der Waals surface area (Å²) in [5.41, 5.74) is 0.664. The molecule has 1 atom stereocenters. The molecule has 0 fully saturated rings. The second-order valence-corrected chi connectivity index (χ2v) is 7.14. The molecule has 0 saturated carbocycles. The minimum absolute atomic E-state index is 0.0725. The first-order valence-electron chi connectivity index (χ1n) is 7.70. The highest BCUT2D eigenvalue weighted by Gasteiger charge is 2.45. The summed E-state index contributed by atoms with van der Waals surface area (Å²) >= 11 is 0. The quantitative estimate of drug-likeness (QED) is 0.848. The van der Waals surface area contributed by atoms with Crippen molar-refractivity contribution in [3.05, 3.63) is 22.7 Å². The van der Waals surface area contributed by atoms with Crippen molar-refractivity contribution in [3.63, 3.8) is 0 Å². The number of ketones is 2. The topological polar surface area (TPSA) is 80.7 Å². The van der Waals surface area contributed by atoms with Crippen LogP contribution in [0.3, 0.4) is 0 Å². The molecular formula is C17H20O5. The summed E-state index contributed by atoms with van der Waals surface area (Å²) in [6.07, 6.45) is 2.51. The van der Waals surface area contributed by atoms with Gasteiger partial charge in [-0.15, -0.1) is 0 Å². The Balaban J connectivity index is 2.08. The van der Waals surface area contributed by atoms with Gasteiger partial charge in [-0.25, -0.2) is 0 Å². The van der Waals surface area contributed by atoms with E-state index in [9.17, 15) is 19.5 Å². The third kappa shape index (κ3) is 2.49. The molecule has 0 unspecified atom stereocenters. The van der Waals surface area contributed by atoms with Gasteiger partial charge in [0.25, 0.3) is 0 Å². The number of carbonyl (C=O) groups is 3. The molecule has 1 aliphatic heterocycles. The Bertz CT molecular complexity index is 635. The van der Waals surface area contributed by atoms with Crippen LogP contribution >= 0.6 is 0 Å². The number of allylic oxidation sites excluding steroid dienone is 4. The average molecular weight is 304 g/mol. The van der Waals surface area contributed by atoms with E-state index in [1.165, 1.54) is 0 Å². The van der Waals surface area contributed by atoms with Gasteiger partial charge in [0.1, 0.15) is 11.5 Å². The SMILES string of the molecule is CC1(C)CC(=O)C2=C(C1)OC1=C(C(=O)CCC1)[C@@H]2CC(=O)O. The zero-order valence-corrected chi connectivity index (χ0v) is 12.9. The zero-order chi connectivity index (χ0) is 16.1. The number of carboxylic acids is 1. The van der Waals surface area contributed by atoms with Crippen molar-refractivity contribution >= 4 is 17.5 Å². The van der Waals surface area contributed by atoms with Gasteiger partial charge < -0.3 is 9.84 Å². The maximum absolute atomic E-state index is 12.6. The lowest BCUT2D eigenvalue weighted by Crippen LogP contribution is -2.36. The number of Topliss-reactive ketones (excluding diaryl/α,β-unsaturated/α-hetero) is 2. The van der Waals surface area contributed by atoms with Crippen LogP contribution in [0.5, 0.6) is 0 Å². The van der Waals surface area contributed by atoms with E-state index in [0.717, 1.165) is 6.42 Å². The van der Waals surface area contributed by atoms with Gasteiger partial charge >= 0.3 is 5.97 Å². The van der Waals surface area contributed by atoms with Crippen LogP contribution in [0.15, 0.2) is 22.7 Å². The molecule has 118 valence electrons. The minimum atomic E-state index is -0.999. The molecular weight excluding hydrogens is 284 g/mol. The maximum atomic E-state index is 12.6.